The van der Waals surface area contributed by atoms with E-state index in [0.29, 0.717) is 11.5 Å². The van der Waals surface area contributed by atoms with Gasteiger partial charge in [-0.15, -0.1) is 0 Å². The van der Waals surface area contributed by atoms with Crippen LogP contribution in [-0.4, -0.2) is 34.1 Å². The number of aromatic nitrogens is 2. The van der Waals surface area contributed by atoms with Gasteiger partial charge >= 0.3 is 6.18 Å². The van der Waals surface area contributed by atoms with Crippen LogP contribution >= 0.6 is 0 Å². The molecule has 1 unspecified atom stereocenters. The van der Waals surface area contributed by atoms with Crippen LogP contribution in [0.4, 0.5) is 19.0 Å². The second-order valence-corrected chi connectivity index (χ2v) is 7.29. The van der Waals surface area contributed by atoms with Crippen molar-refractivity contribution in [3.8, 4) is 5.88 Å². The minimum atomic E-state index is -4.47. The van der Waals surface area contributed by atoms with Crippen LogP contribution in [-0.2, 0) is 11.8 Å². The van der Waals surface area contributed by atoms with Crippen LogP contribution < -0.4 is 15.4 Å². The molecule has 0 saturated carbocycles. The van der Waals surface area contributed by atoms with Gasteiger partial charge in [0.15, 0.2) is 12.5 Å². The molecule has 7 nitrogen and oxygen atoms in total. The van der Waals surface area contributed by atoms with E-state index in [2.05, 4.69) is 15.6 Å². The normalized spacial score (nSPS) is 12.6. The molecular weight excluding hydrogens is 401 g/mol. The maximum absolute atomic E-state index is 12.6. The highest BCUT2D eigenvalue weighted by molar-refractivity contribution is 5.93. The Hall–Kier alpha value is -3.04. The van der Waals surface area contributed by atoms with E-state index in [-0.39, 0.29) is 23.4 Å². The lowest BCUT2D eigenvalue weighted by Crippen LogP contribution is -2.29. The van der Waals surface area contributed by atoms with Crippen molar-refractivity contribution in [3.63, 3.8) is 0 Å². The summed E-state index contributed by atoms with van der Waals surface area (Å²) in [7, 11) is 1.45. The number of anilines is 1. The summed E-state index contributed by atoms with van der Waals surface area (Å²) in [4.78, 5) is 28.8. The van der Waals surface area contributed by atoms with Crippen molar-refractivity contribution in [2.24, 2.45) is 13.0 Å². The molecule has 0 spiro atoms. The summed E-state index contributed by atoms with van der Waals surface area (Å²) in [6, 6.07) is 5.70. The predicted octanol–water partition coefficient (Wildman–Crippen LogP) is 3.76. The van der Waals surface area contributed by atoms with E-state index in [1.165, 1.54) is 23.7 Å². The number of halogens is 3. The number of amides is 2. The first-order valence-electron chi connectivity index (χ1n) is 9.33. The minimum Gasteiger partial charge on any atom is -0.469 e. The summed E-state index contributed by atoms with van der Waals surface area (Å²) in [6.45, 7) is 5.61. The molecule has 0 aromatic carbocycles. The first kappa shape index (κ1) is 23.2. The van der Waals surface area contributed by atoms with E-state index in [4.69, 9.17) is 4.74 Å². The van der Waals surface area contributed by atoms with Gasteiger partial charge in [-0.3, -0.25) is 9.59 Å². The van der Waals surface area contributed by atoms with Gasteiger partial charge in [-0.05, 0) is 37.6 Å². The van der Waals surface area contributed by atoms with E-state index in [1.54, 1.807) is 39.8 Å². The number of carbonyl (C=O) groups is 2. The average molecular weight is 426 g/mol. The second kappa shape index (κ2) is 9.19. The van der Waals surface area contributed by atoms with E-state index in [0.717, 1.165) is 5.56 Å². The first-order chi connectivity index (χ1) is 13.9. The van der Waals surface area contributed by atoms with Crippen molar-refractivity contribution in [3.05, 3.63) is 41.2 Å². The number of carbonyl (C=O) groups excluding carboxylic acids is 2. The fourth-order valence-electron chi connectivity index (χ4n) is 2.66. The molecule has 0 bridgehead atoms. The zero-order chi connectivity index (χ0) is 22.6. The number of ether oxygens (including phenoxy) is 1. The molecule has 2 rings (SSSR count). The first-order valence-corrected chi connectivity index (χ1v) is 9.33. The Morgan fingerprint density at radius 1 is 1.20 bits per heavy atom. The Kier molecular flexibility index (Phi) is 7.12. The van der Waals surface area contributed by atoms with E-state index >= 15 is 0 Å². The number of rotatable bonds is 7. The third-order valence-corrected chi connectivity index (χ3v) is 4.29. The molecule has 2 aromatic rings. The molecule has 164 valence electrons. The molecule has 0 aliphatic heterocycles. The summed E-state index contributed by atoms with van der Waals surface area (Å²) in [6.07, 6.45) is -4.47. The highest BCUT2D eigenvalue weighted by atomic mass is 19.4. The fourth-order valence-corrected chi connectivity index (χ4v) is 2.66. The van der Waals surface area contributed by atoms with Crippen LogP contribution in [0, 0.1) is 12.8 Å². The van der Waals surface area contributed by atoms with Crippen molar-refractivity contribution in [1.29, 1.82) is 0 Å². The molecule has 0 fully saturated rings. The Morgan fingerprint density at radius 2 is 1.87 bits per heavy atom. The Labute approximate surface area is 172 Å². The molecule has 30 heavy (non-hydrogen) atoms. The minimum absolute atomic E-state index is 0.0661. The van der Waals surface area contributed by atoms with Crippen molar-refractivity contribution in [2.75, 3.05) is 11.9 Å². The van der Waals surface area contributed by atoms with Gasteiger partial charge < -0.3 is 19.9 Å². The standard InChI is InChI=1S/C20H25F3N4O3/c1-11(2)18(28)26-16-9-14(8-12(3)24-16)13(4)25-19(29)15-6-7-17(27(15)5)30-10-20(21,22)23/h6-9,11,13H,10H2,1-5H3,(H,25,29)(H,24,26,28). The number of nitrogens with zero attached hydrogens (tertiary/aromatic N) is 2. The van der Waals surface area contributed by atoms with Gasteiger partial charge in [-0.1, -0.05) is 13.8 Å². The van der Waals surface area contributed by atoms with Gasteiger partial charge in [-0.25, -0.2) is 4.98 Å². The molecule has 10 heteroatoms. The molecule has 2 aromatic heterocycles. The molecule has 1 atom stereocenters. The third-order valence-electron chi connectivity index (χ3n) is 4.29. The monoisotopic (exact) mass is 426 g/mol. The van der Waals surface area contributed by atoms with Crippen LogP contribution in [0.15, 0.2) is 24.3 Å². The van der Waals surface area contributed by atoms with Crippen LogP contribution in [0.5, 0.6) is 5.88 Å². The summed E-state index contributed by atoms with van der Waals surface area (Å²) >= 11 is 0. The topological polar surface area (TPSA) is 85.2 Å². The molecule has 2 N–H and O–H groups in total. The SMILES string of the molecule is Cc1cc(C(C)NC(=O)c2ccc(OCC(F)(F)F)n2C)cc(NC(=O)C(C)C)n1. The van der Waals surface area contributed by atoms with Gasteiger partial charge in [0.25, 0.3) is 5.91 Å². The van der Waals surface area contributed by atoms with Crippen molar-refractivity contribution < 1.29 is 27.5 Å². The Bertz CT molecular complexity index is 923. The van der Waals surface area contributed by atoms with Crippen LogP contribution in [0.3, 0.4) is 0 Å². The largest absolute Gasteiger partial charge is 0.469 e. The van der Waals surface area contributed by atoms with Crippen LogP contribution in [0.2, 0.25) is 0 Å². The van der Waals surface area contributed by atoms with Gasteiger partial charge in [0.05, 0.1) is 6.04 Å². The molecule has 0 radical (unpaired) electrons. The summed E-state index contributed by atoms with van der Waals surface area (Å²) in [5.41, 5.74) is 1.53. The van der Waals surface area contributed by atoms with Crippen LogP contribution in [0.25, 0.3) is 0 Å². The smallest absolute Gasteiger partial charge is 0.422 e. The van der Waals surface area contributed by atoms with Crippen LogP contribution in [0.1, 0.15) is 48.6 Å². The lowest BCUT2D eigenvalue weighted by atomic mass is 10.1. The second-order valence-electron chi connectivity index (χ2n) is 7.29. The van der Waals surface area contributed by atoms with Gasteiger partial charge in [0, 0.05) is 24.7 Å². The molecule has 2 heterocycles. The fraction of sp³-hybridized carbons (Fsp3) is 0.450. The van der Waals surface area contributed by atoms with Crippen molar-refractivity contribution in [2.45, 2.75) is 39.9 Å². The van der Waals surface area contributed by atoms with E-state index < -0.39 is 24.7 Å². The zero-order valence-corrected chi connectivity index (χ0v) is 17.4. The van der Waals surface area contributed by atoms with Crippen molar-refractivity contribution >= 4 is 17.6 Å². The third kappa shape index (κ3) is 6.23. The lowest BCUT2D eigenvalue weighted by Gasteiger charge is -2.17. The molecule has 2 amide bonds. The highest BCUT2D eigenvalue weighted by Crippen LogP contribution is 2.22. The average Bonchev–Trinajstić information content (AvgIpc) is 2.99. The maximum atomic E-state index is 12.6. The van der Waals surface area contributed by atoms with Gasteiger partial charge in [0.2, 0.25) is 5.91 Å². The maximum Gasteiger partial charge on any atom is 0.422 e. The number of pyridine rings is 1. The molecular formula is C20H25F3N4O3. The number of hydrogen-bond acceptors (Lipinski definition) is 4. The number of alkyl halides is 3. The summed E-state index contributed by atoms with van der Waals surface area (Å²) in [5.74, 6) is -0.547. The van der Waals surface area contributed by atoms with E-state index in [1.807, 2.05) is 0 Å². The lowest BCUT2D eigenvalue weighted by molar-refractivity contribution is -0.154. The highest BCUT2D eigenvalue weighted by Gasteiger charge is 2.29. The summed E-state index contributed by atoms with van der Waals surface area (Å²) in [5, 5.41) is 5.52. The molecule has 0 aliphatic carbocycles. The van der Waals surface area contributed by atoms with Gasteiger partial charge in [0.1, 0.15) is 11.5 Å². The molecule has 0 saturated heterocycles. The van der Waals surface area contributed by atoms with E-state index in [9.17, 15) is 22.8 Å². The molecule has 0 aliphatic rings. The number of hydrogen-bond donors (Lipinski definition) is 2. The number of nitrogens with one attached hydrogen (secondary N) is 2. The van der Waals surface area contributed by atoms with Gasteiger partial charge in [-0.2, -0.15) is 13.2 Å². The Morgan fingerprint density at radius 3 is 2.47 bits per heavy atom. The Balaban J connectivity index is 2.12. The predicted molar refractivity (Wildman–Crippen MR) is 105 cm³/mol. The quantitative estimate of drug-likeness (QED) is 0.706. The van der Waals surface area contributed by atoms with Crippen molar-refractivity contribution in [1.82, 2.24) is 14.9 Å². The summed E-state index contributed by atoms with van der Waals surface area (Å²) < 4.78 is 43.0. The zero-order valence-electron chi connectivity index (χ0n) is 17.4. The number of aryl methyl sites for hydroxylation is 1.